The van der Waals surface area contributed by atoms with E-state index in [4.69, 9.17) is 4.74 Å². The molecule has 0 bridgehead atoms. The van der Waals surface area contributed by atoms with Gasteiger partial charge in [-0.1, -0.05) is 36.4 Å². The minimum atomic E-state index is -0.287. The molecular formula is C26H30N2O4. The Kier molecular flexibility index (Phi) is 6.33. The molecule has 2 aromatic carbocycles. The van der Waals surface area contributed by atoms with Crippen LogP contribution < -0.4 is 4.74 Å². The monoisotopic (exact) mass is 434 g/mol. The molecule has 0 radical (unpaired) electrons. The van der Waals surface area contributed by atoms with E-state index in [9.17, 15) is 14.7 Å². The lowest BCUT2D eigenvalue weighted by atomic mass is 9.96. The Labute approximate surface area is 189 Å². The van der Waals surface area contributed by atoms with Crippen LogP contribution in [0.5, 0.6) is 5.75 Å². The molecule has 0 aliphatic carbocycles. The van der Waals surface area contributed by atoms with Crippen molar-refractivity contribution in [3.63, 3.8) is 0 Å². The van der Waals surface area contributed by atoms with Gasteiger partial charge in [0.2, 0.25) is 0 Å². The van der Waals surface area contributed by atoms with Crippen LogP contribution in [0.4, 0.5) is 0 Å². The van der Waals surface area contributed by atoms with E-state index in [0.29, 0.717) is 30.1 Å². The number of imide groups is 1. The van der Waals surface area contributed by atoms with Gasteiger partial charge in [-0.3, -0.25) is 14.5 Å². The standard InChI is InChI=1S/C26H30N2O4/c1-17-10-11-20(13-18(17)2)23-24(27-12-6-7-19(14-27)16-29)26(31)28(25(23)30)15-21-8-4-5-9-22(21)32-3/h4-5,8-11,13,19,29H,6-7,12,14-16H2,1-3H3. The van der Waals surface area contributed by atoms with E-state index in [1.54, 1.807) is 7.11 Å². The minimum absolute atomic E-state index is 0.0792. The molecule has 0 saturated carbocycles. The van der Waals surface area contributed by atoms with Gasteiger partial charge in [-0.25, -0.2) is 0 Å². The van der Waals surface area contributed by atoms with Crippen molar-refractivity contribution < 1.29 is 19.4 Å². The van der Waals surface area contributed by atoms with Crippen LogP contribution in [0.25, 0.3) is 5.57 Å². The van der Waals surface area contributed by atoms with E-state index < -0.39 is 0 Å². The smallest absolute Gasteiger partial charge is 0.278 e. The molecular weight excluding hydrogens is 404 g/mol. The number of methoxy groups -OCH3 is 1. The first-order valence-corrected chi connectivity index (χ1v) is 11.1. The third kappa shape index (κ3) is 4.02. The summed E-state index contributed by atoms with van der Waals surface area (Å²) in [7, 11) is 1.58. The molecule has 2 aliphatic rings. The number of hydrogen-bond acceptors (Lipinski definition) is 5. The maximum Gasteiger partial charge on any atom is 0.278 e. The van der Waals surface area contributed by atoms with Crippen molar-refractivity contribution in [1.82, 2.24) is 9.80 Å². The van der Waals surface area contributed by atoms with E-state index in [2.05, 4.69) is 0 Å². The van der Waals surface area contributed by atoms with Crippen molar-refractivity contribution >= 4 is 17.4 Å². The molecule has 2 heterocycles. The lowest BCUT2D eigenvalue weighted by molar-refractivity contribution is -0.138. The average molecular weight is 435 g/mol. The summed E-state index contributed by atoms with van der Waals surface area (Å²) in [5.74, 6) is 0.175. The molecule has 6 nitrogen and oxygen atoms in total. The SMILES string of the molecule is COc1ccccc1CN1C(=O)C(c2ccc(C)c(C)c2)=C(N2CCCC(CO)C2)C1=O. The van der Waals surface area contributed by atoms with Crippen LogP contribution in [0.2, 0.25) is 0 Å². The predicted octanol–water partition coefficient (Wildman–Crippen LogP) is 3.30. The van der Waals surface area contributed by atoms with Crippen LogP contribution in [-0.4, -0.2) is 53.5 Å². The summed E-state index contributed by atoms with van der Waals surface area (Å²) >= 11 is 0. The summed E-state index contributed by atoms with van der Waals surface area (Å²) in [6.45, 7) is 5.53. The van der Waals surface area contributed by atoms with Crippen molar-refractivity contribution in [3.05, 3.63) is 70.4 Å². The molecule has 6 heteroatoms. The second kappa shape index (κ2) is 9.17. The van der Waals surface area contributed by atoms with Gasteiger partial charge in [-0.05, 0) is 55.4 Å². The van der Waals surface area contributed by atoms with Crippen molar-refractivity contribution in [3.8, 4) is 5.75 Å². The number of benzene rings is 2. The molecule has 1 unspecified atom stereocenters. The maximum atomic E-state index is 13.7. The first kappa shape index (κ1) is 22.1. The van der Waals surface area contributed by atoms with E-state index in [1.165, 1.54) is 4.90 Å². The fourth-order valence-electron chi connectivity index (χ4n) is 4.58. The Morgan fingerprint density at radius 2 is 1.84 bits per heavy atom. The summed E-state index contributed by atoms with van der Waals surface area (Å²) in [5.41, 5.74) is 4.65. The van der Waals surface area contributed by atoms with Crippen LogP contribution in [0, 0.1) is 19.8 Å². The highest BCUT2D eigenvalue weighted by Gasteiger charge is 2.42. The number of piperidine rings is 1. The molecule has 2 aliphatic heterocycles. The number of ether oxygens (including phenoxy) is 1. The topological polar surface area (TPSA) is 70.1 Å². The van der Waals surface area contributed by atoms with E-state index in [-0.39, 0.29) is 30.9 Å². The van der Waals surface area contributed by atoms with Crippen LogP contribution >= 0.6 is 0 Å². The van der Waals surface area contributed by atoms with Gasteiger partial charge >= 0.3 is 0 Å². The zero-order valence-electron chi connectivity index (χ0n) is 18.9. The normalized spacial score (nSPS) is 19.2. The molecule has 0 spiro atoms. The fraction of sp³-hybridized carbons (Fsp3) is 0.385. The average Bonchev–Trinajstić information content (AvgIpc) is 3.06. The summed E-state index contributed by atoms with van der Waals surface area (Å²) in [4.78, 5) is 30.6. The maximum absolute atomic E-state index is 13.7. The summed E-state index contributed by atoms with van der Waals surface area (Å²) in [6.07, 6.45) is 1.80. The number of carbonyl (C=O) groups is 2. The van der Waals surface area contributed by atoms with Crippen molar-refractivity contribution in [2.75, 3.05) is 26.8 Å². The number of aliphatic hydroxyl groups excluding tert-OH is 1. The number of nitrogens with zero attached hydrogens (tertiary/aromatic N) is 2. The molecule has 1 N–H and O–H groups in total. The minimum Gasteiger partial charge on any atom is -0.496 e. The van der Waals surface area contributed by atoms with Gasteiger partial charge in [0.25, 0.3) is 11.8 Å². The highest BCUT2D eigenvalue weighted by atomic mass is 16.5. The van der Waals surface area contributed by atoms with E-state index in [1.807, 2.05) is 61.2 Å². The Morgan fingerprint density at radius 3 is 2.56 bits per heavy atom. The van der Waals surface area contributed by atoms with Gasteiger partial charge < -0.3 is 14.7 Å². The van der Waals surface area contributed by atoms with E-state index >= 15 is 0 Å². The summed E-state index contributed by atoms with van der Waals surface area (Å²) < 4.78 is 5.44. The first-order valence-electron chi connectivity index (χ1n) is 11.1. The van der Waals surface area contributed by atoms with Gasteiger partial charge in [0.15, 0.2) is 0 Å². The van der Waals surface area contributed by atoms with Gasteiger partial charge in [0, 0.05) is 25.3 Å². The van der Waals surface area contributed by atoms with Crippen molar-refractivity contribution in [1.29, 1.82) is 0 Å². The van der Waals surface area contributed by atoms with Gasteiger partial charge in [0.05, 0.1) is 19.2 Å². The second-order valence-electron chi connectivity index (χ2n) is 8.67. The molecule has 1 atom stereocenters. The molecule has 2 aromatic rings. The van der Waals surface area contributed by atoms with Crippen molar-refractivity contribution in [2.24, 2.45) is 5.92 Å². The predicted molar refractivity (Wildman–Crippen MR) is 123 cm³/mol. The Morgan fingerprint density at radius 1 is 1.06 bits per heavy atom. The lowest BCUT2D eigenvalue weighted by Crippen LogP contribution is -2.40. The highest BCUT2D eigenvalue weighted by molar-refractivity contribution is 6.35. The number of para-hydroxylation sites is 1. The van der Waals surface area contributed by atoms with Gasteiger partial charge in [0.1, 0.15) is 11.4 Å². The first-order chi connectivity index (χ1) is 15.4. The van der Waals surface area contributed by atoms with Gasteiger partial charge in [-0.15, -0.1) is 0 Å². The van der Waals surface area contributed by atoms with Crippen LogP contribution in [0.15, 0.2) is 48.2 Å². The number of aliphatic hydroxyl groups is 1. The van der Waals surface area contributed by atoms with Gasteiger partial charge in [-0.2, -0.15) is 0 Å². The van der Waals surface area contributed by atoms with Crippen LogP contribution in [-0.2, 0) is 16.1 Å². The Bertz CT molecular complexity index is 1080. The van der Waals surface area contributed by atoms with E-state index in [0.717, 1.165) is 35.1 Å². The number of amides is 2. The highest BCUT2D eigenvalue weighted by Crippen LogP contribution is 2.36. The Hall–Kier alpha value is -3.12. The molecule has 1 saturated heterocycles. The number of carbonyl (C=O) groups excluding carboxylic acids is 2. The number of rotatable bonds is 6. The molecule has 168 valence electrons. The summed E-state index contributed by atoms with van der Waals surface area (Å²) in [6, 6.07) is 13.3. The van der Waals surface area contributed by atoms with Crippen LogP contribution in [0.1, 0.15) is 35.1 Å². The largest absolute Gasteiger partial charge is 0.496 e. The molecule has 4 rings (SSSR count). The van der Waals surface area contributed by atoms with Crippen molar-refractivity contribution in [2.45, 2.75) is 33.2 Å². The molecule has 32 heavy (non-hydrogen) atoms. The molecule has 2 amide bonds. The third-order valence-corrected chi connectivity index (χ3v) is 6.55. The molecule has 1 fully saturated rings. The second-order valence-corrected chi connectivity index (χ2v) is 8.67. The lowest BCUT2D eigenvalue weighted by Gasteiger charge is -2.34. The zero-order valence-corrected chi connectivity index (χ0v) is 18.9. The number of likely N-dealkylation sites (tertiary alicyclic amines) is 1. The molecule has 0 aromatic heterocycles. The fourth-order valence-corrected chi connectivity index (χ4v) is 4.58. The Balaban J connectivity index is 1.76. The summed E-state index contributed by atoms with van der Waals surface area (Å²) in [5, 5.41) is 9.70. The van der Waals surface area contributed by atoms with Crippen LogP contribution in [0.3, 0.4) is 0 Å². The quantitative estimate of drug-likeness (QED) is 0.707. The zero-order chi connectivity index (χ0) is 22.8. The number of aryl methyl sites for hydroxylation is 2. The number of hydrogen-bond donors (Lipinski definition) is 1. The third-order valence-electron chi connectivity index (χ3n) is 6.55.